The van der Waals surface area contributed by atoms with Crippen molar-refractivity contribution in [1.82, 2.24) is 24.8 Å². The van der Waals surface area contributed by atoms with E-state index in [4.69, 9.17) is 4.74 Å². The Hall–Kier alpha value is -4.91. The molecular weight excluding hydrogens is 450 g/mol. The van der Waals surface area contributed by atoms with Crippen molar-refractivity contribution in [1.29, 1.82) is 0 Å². The maximum absolute atomic E-state index is 12.6. The summed E-state index contributed by atoms with van der Waals surface area (Å²) in [5.74, 6) is 0.646. The van der Waals surface area contributed by atoms with Crippen molar-refractivity contribution in [3.05, 3.63) is 120 Å². The van der Waals surface area contributed by atoms with Crippen LogP contribution in [0.1, 0.15) is 21.5 Å². The third kappa shape index (κ3) is 4.30. The highest BCUT2D eigenvalue weighted by molar-refractivity contribution is 5.97. The molecule has 6 aromatic rings. The Labute approximate surface area is 207 Å². The Balaban J connectivity index is 1.14. The standard InChI is InChI=1S/C29H23N5O2/c35-29(32-16-20-4-3-13-30-15-20)21-7-12-28-27(14-21)33-19-34(28)23-8-10-24(11-9-23)36-18-22-17-31-26-6-2-1-5-25(22)26/h1-15,17,19,31H,16,18H2,(H,32,35). The fraction of sp³-hybridized carbons (Fsp3) is 0.0690. The summed E-state index contributed by atoms with van der Waals surface area (Å²) in [7, 11) is 0. The van der Waals surface area contributed by atoms with Gasteiger partial charge in [0.15, 0.2) is 0 Å². The fourth-order valence-corrected chi connectivity index (χ4v) is 4.26. The van der Waals surface area contributed by atoms with Crippen LogP contribution >= 0.6 is 0 Å². The van der Waals surface area contributed by atoms with Crippen LogP contribution in [0.3, 0.4) is 0 Å². The largest absolute Gasteiger partial charge is 0.489 e. The highest BCUT2D eigenvalue weighted by atomic mass is 16.5. The van der Waals surface area contributed by atoms with Crippen LogP contribution < -0.4 is 10.1 Å². The molecular formula is C29H23N5O2. The molecule has 7 heteroatoms. The van der Waals surface area contributed by atoms with Crippen molar-refractivity contribution in [3.8, 4) is 11.4 Å². The molecule has 0 spiro atoms. The average Bonchev–Trinajstić information content (AvgIpc) is 3.55. The number of ether oxygens (including phenoxy) is 1. The molecule has 7 nitrogen and oxygen atoms in total. The minimum atomic E-state index is -0.146. The number of rotatable bonds is 7. The number of aromatic amines is 1. The number of hydrogen-bond acceptors (Lipinski definition) is 4. The number of imidazole rings is 1. The Morgan fingerprint density at radius 2 is 1.89 bits per heavy atom. The van der Waals surface area contributed by atoms with Gasteiger partial charge in [0.05, 0.1) is 11.0 Å². The number of hydrogen-bond donors (Lipinski definition) is 2. The molecule has 0 aliphatic rings. The minimum absolute atomic E-state index is 0.146. The van der Waals surface area contributed by atoms with Crippen LogP contribution in [0.4, 0.5) is 0 Å². The third-order valence-corrected chi connectivity index (χ3v) is 6.17. The van der Waals surface area contributed by atoms with Gasteiger partial charge in [-0.1, -0.05) is 24.3 Å². The van der Waals surface area contributed by atoms with E-state index >= 15 is 0 Å². The van der Waals surface area contributed by atoms with E-state index in [9.17, 15) is 4.79 Å². The van der Waals surface area contributed by atoms with Gasteiger partial charge in [-0.2, -0.15) is 0 Å². The first-order valence-electron chi connectivity index (χ1n) is 11.7. The number of H-pyrrole nitrogens is 1. The lowest BCUT2D eigenvalue weighted by atomic mass is 10.1. The second-order valence-electron chi connectivity index (χ2n) is 8.50. The number of aromatic nitrogens is 4. The lowest BCUT2D eigenvalue weighted by Gasteiger charge is -2.09. The van der Waals surface area contributed by atoms with Gasteiger partial charge >= 0.3 is 0 Å². The molecule has 0 aliphatic heterocycles. The van der Waals surface area contributed by atoms with Gasteiger partial charge in [0.2, 0.25) is 0 Å². The number of benzene rings is 3. The Kier molecular flexibility index (Phi) is 5.63. The summed E-state index contributed by atoms with van der Waals surface area (Å²) in [6, 6.07) is 25.4. The van der Waals surface area contributed by atoms with Crippen molar-refractivity contribution in [2.45, 2.75) is 13.2 Å². The Bertz CT molecular complexity index is 1650. The predicted molar refractivity (Wildman–Crippen MR) is 139 cm³/mol. The molecule has 0 saturated carbocycles. The number of nitrogens with one attached hydrogen (secondary N) is 2. The van der Waals surface area contributed by atoms with Crippen LogP contribution in [0, 0.1) is 0 Å². The van der Waals surface area contributed by atoms with Crippen LogP contribution in [0.2, 0.25) is 0 Å². The first-order valence-corrected chi connectivity index (χ1v) is 11.7. The molecule has 0 atom stereocenters. The van der Waals surface area contributed by atoms with Gasteiger partial charge < -0.3 is 15.0 Å². The van der Waals surface area contributed by atoms with Crippen LogP contribution in [0.15, 0.2) is 104 Å². The van der Waals surface area contributed by atoms with Gasteiger partial charge in [-0.25, -0.2) is 4.98 Å². The minimum Gasteiger partial charge on any atom is -0.489 e. The maximum Gasteiger partial charge on any atom is 0.251 e. The fourth-order valence-electron chi connectivity index (χ4n) is 4.26. The first-order chi connectivity index (χ1) is 17.7. The van der Waals surface area contributed by atoms with E-state index < -0.39 is 0 Å². The van der Waals surface area contributed by atoms with Crippen molar-refractivity contribution in [3.63, 3.8) is 0 Å². The Morgan fingerprint density at radius 3 is 2.75 bits per heavy atom. The van der Waals surface area contributed by atoms with Gasteiger partial charge in [0.25, 0.3) is 5.91 Å². The molecule has 0 bridgehead atoms. The second-order valence-corrected chi connectivity index (χ2v) is 8.50. The molecule has 0 unspecified atom stereocenters. The van der Waals surface area contributed by atoms with Gasteiger partial charge in [-0.05, 0) is 60.2 Å². The second kappa shape index (κ2) is 9.38. The molecule has 3 aromatic carbocycles. The smallest absolute Gasteiger partial charge is 0.251 e. The van der Waals surface area contributed by atoms with Gasteiger partial charge in [-0.3, -0.25) is 14.3 Å². The van der Waals surface area contributed by atoms with Crippen LogP contribution in [0.5, 0.6) is 5.75 Å². The summed E-state index contributed by atoms with van der Waals surface area (Å²) in [5, 5.41) is 4.10. The monoisotopic (exact) mass is 473 g/mol. The normalized spacial score (nSPS) is 11.1. The van der Waals surface area contributed by atoms with E-state index in [2.05, 4.69) is 32.4 Å². The summed E-state index contributed by atoms with van der Waals surface area (Å²) >= 11 is 0. The van der Waals surface area contributed by atoms with E-state index in [1.54, 1.807) is 18.7 Å². The molecule has 3 aromatic heterocycles. The zero-order valence-electron chi connectivity index (χ0n) is 19.4. The number of fused-ring (bicyclic) bond motifs is 2. The first kappa shape index (κ1) is 21.6. The highest BCUT2D eigenvalue weighted by Crippen LogP contribution is 2.24. The lowest BCUT2D eigenvalue weighted by Crippen LogP contribution is -2.22. The van der Waals surface area contributed by atoms with Crippen molar-refractivity contribution < 1.29 is 9.53 Å². The quantitative estimate of drug-likeness (QED) is 0.325. The molecule has 0 fully saturated rings. The Morgan fingerprint density at radius 1 is 1.00 bits per heavy atom. The zero-order chi connectivity index (χ0) is 24.3. The number of para-hydroxylation sites is 1. The number of carbonyl (C=O) groups is 1. The molecule has 36 heavy (non-hydrogen) atoms. The maximum atomic E-state index is 12.6. The van der Waals surface area contributed by atoms with E-state index in [-0.39, 0.29) is 5.91 Å². The van der Waals surface area contributed by atoms with Crippen LogP contribution in [0.25, 0.3) is 27.6 Å². The SMILES string of the molecule is O=C(NCc1cccnc1)c1ccc2c(c1)ncn2-c1ccc(OCc2c[nH]c3ccccc23)cc1. The molecule has 0 saturated heterocycles. The number of pyridine rings is 1. The van der Waals surface area contributed by atoms with Crippen LogP contribution in [-0.4, -0.2) is 25.4 Å². The van der Waals surface area contributed by atoms with Crippen molar-refractivity contribution >= 4 is 27.8 Å². The average molecular weight is 474 g/mol. The number of carbonyl (C=O) groups excluding carboxylic acids is 1. The summed E-state index contributed by atoms with van der Waals surface area (Å²) in [5.41, 5.74) is 6.38. The van der Waals surface area contributed by atoms with Crippen molar-refractivity contribution in [2.75, 3.05) is 0 Å². The van der Waals surface area contributed by atoms with E-state index in [0.29, 0.717) is 18.7 Å². The number of amides is 1. The molecule has 0 aliphatic carbocycles. The third-order valence-electron chi connectivity index (χ3n) is 6.17. The molecule has 1 amide bonds. The van der Waals surface area contributed by atoms with Gasteiger partial charge in [0, 0.05) is 52.9 Å². The lowest BCUT2D eigenvalue weighted by molar-refractivity contribution is 0.0951. The van der Waals surface area contributed by atoms with E-state index in [0.717, 1.165) is 39.1 Å². The topological polar surface area (TPSA) is 84.8 Å². The zero-order valence-corrected chi connectivity index (χ0v) is 19.4. The summed E-state index contributed by atoms with van der Waals surface area (Å²) in [6.45, 7) is 0.914. The highest BCUT2D eigenvalue weighted by Gasteiger charge is 2.11. The van der Waals surface area contributed by atoms with Gasteiger partial charge in [0.1, 0.15) is 18.7 Å². The van der Waals surface area contributed by atoms with Gasteiger partial charge in [-0.15, -0.1) is 0 Å². The predicted octanol–water partition coefficient (Wildman–Crippen LogP) is 5.41. The van der Waals surface area contributed by atoms with E-state index in [1.807, 2.05) is 77.5 Å². The molecule has 2 N–H and O–H groups in total. The summed E-state index contributed by atoms with van der Waals surface area (Å²) in [4.78, 5) is 24.5. The van der Waals surface area contributed by atoms with E-state index in [1.165, 1.54) is 5.39 Å². The molecule has 6 rings (SSSR count). The summed E-state index contributed by atoms with van der Waals surface area (Å²) < 4.78 is 8.02. The molecule has 0 radical (unpaired) electrons. The van der Waals surface area contributed by atoms with Crippen molar-refractivity contribution in [2.24, 2.45) is 0 Å². The summed E-state index contributed by atoms with van der Waals surface area (Å²) in [6.07, 6.45) is 7.21. The van der Waals surface area contributed by atoms with Crippen LogP contribution in [-0.2, 0) is 13.2 Å². The number of nitrogens with zero attached hydrogens (tertiary/aromatic N) is 3. The molecule has 3 heterocycles. The molecule has 176 valence electrons.